The molecule has 21 heavy (non-hydrogen) atoms. The predicted molar refractivity (Wildman–Crippen MR) is 83.9 cm³/mol. The molecule has 1 amide bonds. The molecule has 0 saturated carbocycles. The predicted octanol–water partition coefficient (Wildman–Crippen LogP) is 3.31. The Hall–Kier alpha value is -1.86. The third-order valence-electron chi connectivity index (χ3n) is 2.52. The van der Waals surface area contributed by atoms with E-state index in [9.17, 15) is 9.59 Å². The Morgan fingerprint density at radius 3 is 2.52 bits per heavy atom. The van der Waals surface area contributed by atoms with Crippen LogP contribution in [0.4, 0.5) is 5.69 Å². The molecule has 1 aromatic heterocycles. The molecule has 0 unspecified atom stereocenters. The van der Waals surface area contributed by atoms with Gasteiger partial charge in [-0.3, -0.25) is 4.79 Å². The Morgan fingerprint density at radius 2 is 1.95 bits per heavy atom. The minimum absolute atomic E-state index is 0.148. The van der Waals surface area contributed by atoms with Crippen molar-refractivity contribution in [2.75, 3.05) is 19.0 Å². The van der Waals surface area contributed by atoms with E-state index in [4.69, 9.17) is 4.74 Å². The molecular weight excluding hydrogens is 358 g/mol. The number of carbonyl (C=O) groups is 2. The highest BCUT2D eigenvalue weighted by atomic mass is 79.9. The number of amides is 1. The van der Waals surface area contributed by atoms with Crippen molar-refractivity contribution in [1.82, 2.24) is 0 Å². The summed E-state index contributed by atoms with van der Waals surface area (Å²) in [5.41, 5.74) is 0.644. The molecule has 0 aliphatic heterocycles. The zero-order valence-electron chi connectivity index (χ0n) is 11.1. The first-order valence-electron chi connectivity index (χ1n) is 5.94. The van der Waals surface area contributed by atoms with Crippen molar-refractivity contribution in [2.24, 2.45) is 0 Å². The van der Waals surface area contributed by atoms with E-state index in [2.05, 4.69) is 26.0 Å². The van der Waals surface area contributed by atoms with E-state index < -0.39 is 5.97 Å². The van der Waals surface area contributed by atoms with Gasteiger partial charge in [0.1, 0.15) is 10.6 Å². The Bertz CT molecular complexity index is 639. The van der Waals surface area contributed by atoms with Crippen LogP contribution in [0.5, 0.6) is 5.75 Å². The maximum Gasteiger partial charge on any atom is 0.343 e. The van der Waals surface area contributed by atoms with Gasteiger partial charge in [-0.1, -0.05) is 0 Å². The minimum Gasteiger partial charge on any atom is -0.482 e. The van der Waals surface area contributed by atoms with Crippen LogP contribution in [-0.4, -0.2) is 25.6 Å². The van der Waals surface area contributed by atoms with E-state index in [0.717, 1.165) is 4.47 Å². The summed E-state index contributed by atoms with van der Waals surface area (Å²) in [6, 6.07) is 8.56. The summed E-state index contributed by atoms with van der Waals surface area (Å²) in [5.74, 6) is -0.106. The third kappa shape index (κ3) is 4.30. The summed E-state index contributed by atoms with van der Waals surface area (Å²) in [4.78, 5) is 23.6. The summed E-state index contributed by atoms with van der Waals surface area (Å²) in [6.45, 7) is -0.148. The molecule has 0 radical (unpaired) electrons. The Kier molecular flexibility index (Phi) is 5.35. The zero-order chi connectivity index (χ0) is 15.2. The molecule has 0 aliphatic rings. The fraction of sp³-hybridized carbons (Fsp3) is 0.143. The van der Waals surface area contributed by atoms with Crippen LogP contribution in [0.15, 0.2) is 40.2 Å². The fourth-order valence-electron chi connectivity index (χ4n) is 1.48. The van der Waals surface area contributed by atoms with E-state index in [1.807, 2.05) is 11.4 Å². The Balaban J connectivity index is 1.95. The van der Waals surface area contributed by atoms with Crippen molar-refractivity contribution in [2.45, 2.75) is 0 Å². The van der Waals surface area contributed by atoms with Crippen molar-refractivity contribution >= 4 is 44.8 Å². The number of methoxy groups -OCH3 is 1. The van der Waals surface area contributed by atoms with Crippen LogP contribution < -0.4 is 10.1 Å². The van der Waals surface area contributed by atoms with Gasteiger partial charge in [-0.05, 0) is 51.6 Å². The van der Waals surface area contributed by atoms with Crippen LogP contribution in [0.1, 0.15) is 9.67 Å². The van der Waals surface area contributed by atoms with Gasteiger partial charge in [0.05, 0.1) is 7.11 Å². The number of halogens is 1. The van der Waals surface area contributed by atoms with Gasteiger partial charge in [0, 0.05) is 10.2 Å². The number of rotatable bonds is 5. The van der Waals surface area contributed by atoms with Gasteiger partial charge in [-0.2, -0.15) is 0 Å². The second-order valence-corrected chi connectivity index (χ2v) is 5.71. The van der Waals surface area contributed by atoms with Crippen molar-refractivity contribution < 1.29 is 19.1 Å². The van der Waals surface area contributed by atoms with Crippen LogP contribution in [0, 0.1) is 0 Å². The highest BCUT2D eigenvalue weighted by molar-refractivity contribution is 9.10. The number of esters is 1. The molecule has 0 atom stereocenters. The van der Waals surface area contributed by atoms with Crippen LogP contribution in [-0.2, 0) is 9.53 Å². The lowest BCUT2D eigenvalue weighted by atomic mass is 10.3. The number of hydrogen-bond donors (Lipinski definition) is 1. The van der Waals surface area contributed by atoms with E-state index in [1.165, 1.54) is 18.4 Å². The highest BCUT2D eigenvalue weighted by Gasteiger charge is 2.11. The molecule has 1 N–H and O–H groups in total. The standard InChI is InChI=1S/C14H12BrNO4S/c1-19-12(17)8-20-10-4-2-9(3-5-10)16-14(18)13-11(15)6-7-21-13/h2-7H,8H2,1H3,(H,16,18). The smallest absolute Gasteiger partial charge is 0.343 e. The van der Waals surface area contributed by atoms with Gasteiger partial charge in [-0.15, -0.1) is 11.3 Å². The summed E-state index contributed by atoms with van der Waals surface area (Å²) < 4.78 is 10.5. The first-order chi connectivity index (χ1) is 10.1. The number of carbonyl (C=O) groups excluding carboxylic acids is 2. The van der Waals surface area contributed by atoms with Crippen LogP contribution in [0.25, 0.3) is 0 Å². The average molecular weight is 370 g/mol. The Labute approximate surface area is 134 Å². The molecule has 0 fully saturated rings. The van der Waals surface area contributed by atoms with E-state index >= 15 is 0 Å². The average Bonchev–Trinajstić information content (AvgIpc) is 2.92. The molecule has 2 rings (SSSR count). The van der Waals surface area contributed by atoms with E-state index in [0.29, 0.717) is 16.3 Å². The number of anilines is 1. The number of ether oxygens (including phenoxy) is 2. The normalized spacial score (nSPS) is 10.0. The molecular formula is C14H12BrNO4S. The van der Waals surface area contributed by atoms with Crippen molar-refractivity contribution in [3.63, 3.8) is 0 Å². The lowest BCUT2D eigenvalue weighted by Crippen LogP contribution is -2.13. The second-order valence-electron chi connectivity index (χ2n) is 3.94. The van der Waals surface area contributed by atoms with Gasteiger partial charge < -0.3 is 14.8 Å². The molecule has 1 aromatic carbocycles. The largest absolute Gasteiger partial charge is 0.482 e. The maximum absolute atomic E-state index is 12.0. The lowest BCUT2D eigenvalue weighted by Gasteiger charge is -2.07. The lowest BCUT2D eigenvalue weighted by molar-refractivity contribution is -0.142. The van der Waals surface area contributed by atoms with Crippen molar-refractivity contribution in [1.29, 1.82) is 0 Å². The summed E-state index contributed by atoms with van der Waals surface area (Å²) in [7, 11) is 1.30. The molecule has 0 bridgehead atoms. The van der Waals surface area contributed by atoms with E-state index in [-0.39, 0.29) is 12.5 Å². The first kappa shape index (κ1) is 15.5. The number of hydrogen-bond acceptors (Lipinski definition) is 5. The third-order valence-corrected chi connectivity index (χ3v) is 4.36. The molecule has 7 heteroatoms. The van der Waals surface area contributed by atoms with Crippen molar-refractivity contribution in [3.05, 3.63) is 45.1 Å². The van der Waals surface area contributed by atoms with Crippen LogP contribution in [0.2, 0.25) is 0 Å². The fourth-order valence-corrected chi connectivity index (χ4v) is 2.93. The maximum atomic E-state index is 12.0. The van der Waals surface area contributed by atoms with Gasteiger partial charge in [0.15, 0.2) is 6.61 Å². The first-order valence-corrected chi connectivity index (χ1v) is 7.61. The highest BCUT2D eigenvalue weighted by Crippen LogP contribution is 2.24. The van der Waals surface area contributed by atoms with Crippen LogP contribution >= 0.6 is 27.3 Å². The molecule has 2 aromatic rings. The van der Waals surface area contributed by atoms with Gasteiger partial charge in [0.25, 0.3) is 5.91 Å². The summed E-state index contributed by atoms with van der Waals surface area (Å²) in [6.07, 6.45) is 0. The second kappa shape index (κ2) is 7.24. The minimum atomic E-state index is -0.449. The number of nitrogens with one attached hydrogen (secondary N) is 1. The SMILES string of the molecule is COC(=O)COc1ccc(NC(=O)c2sccc2Br)cc1. The zero-order valence-corrected chi connectivity index (χ0v) is 13.5. The summed E-state index contributed by atoms with van der Waals surface area (Å²) in [5, 5.41) is 4.62. The molecule has 5 nitrogen and oxygen atoms in total. The molecule has 110 valence electrons. The van der Waals surface area contributed by atoms with Crippen LogP contribution in [0.3, 0.4) is 0 Å². The number of thiophene rings is 1. The monoisotopic (exact) mass is 369 g/mol. The molecule has 0 spiro atoms. The van der Waals surface area contributed by atoms with Crippen molar-refractivity contribution in [3.8, 4) is 5.75 Å². The topological polar surface area (TPSA) is 64.6 Å². The molecule has 0 saturated heterocycles. The van der Waals surface area contributed by atoms with Gasteiger partial charge in [-0.25, -0.2) is 4.79 Å². The van der Waals surface area contributed by atoms with Gasteiger partial charge in [0.2, 0.25) is 0 Å². The Morgan fingerprint density at radius 1 is 1.24 bits per heavy atom. The quantitative estimate of drug-likeness (QED) is 0.821. The number of benzene rings is 1. The summed E-state index contributed by atoms with van der Waals surface area (Å²) >= 11 is 4.68. The van der Waals surface area contributed by atoms with Gasteiger partial charge >= 0.3 is 5.97 Å². The molecule has 0 aliphatic carbocycles. The molecule has 1 heterocycles. The van der Waals surface area contributed by atoms with E-state index in [1.54, 1.807) is 24.3 Å².